The van der Waals surface area contributed by atoms with E-state index in [1.165, 1.54) is 54.6 Å². The lowest BCUT2D eigenvalue weighted by atomic mass is 10.1. The molecule has 3 N–H and O–H groups in total. The normalized spacial score (nSPS) is 11.0. The lowest BCUT2D eigenvalue weighted by Crippen LogP contribution is -2.23. The third kappa shape index (κ3) is 6.40. The van der Waals surface area contributed by atoms with E-state index < -0.39 is 21.9 Å². The Morgan fingerprint density at radius 3 is 2.44 bits per heavy atom. The Balaban J connectivity index is 2.04. The summed E-state index contributed by atoms with van der Waals surface area (Å²) in [6, 6.07) is 14.5. The van der Waals surface area contributed by atoms with Crippen LogP contribution in [0.15, 0.2) is 65.6 Å². The zero-order valence-electron chi connectivity index (χ0n) is 17.8. The average molecular weight is 523 g/mol. The Morgan fingerprint density at radius 2 is 1.76 bits per heavy atom. The molecular weight excluding hydrogens is 503 g/mol. The first kappa shape index (κ1) is 25.4. The summed E-state index contributed by atoms with van der Waals surface area (Å²) in [5.74, 6) is -1.20. The molecule has 0 saturated heterocycles. The minimum absolute atomic E-state index is 0.0190. The zero-order valence-corrected chi connectivity index (χ0v) is 20.2. The Hall–Kier alpha value is -3.27. The molecular formula is C23H20Cl2N2O6S. The van der Waals surface area contributed by atoms with Gasteiger partial charge in [-0.15, -0.1) is 0 Å². The van der Waals surface area contributed by atoms with Crippen LogP contribution in [0.25, 0.3) is 0 Å². The highest BCUT2D eigenvalue weighted by Crippen LogP contribution is 2.34. The van der Waals surface area contributed by atoms with Gasteiger partial charge in [0.15, 0.2) is 5.75 Å². The van der Waals surface area contributed by atoms with Crippen molar-refractivity contribution >= 4 is 50.8 Å². The Labute approximate surface area is 206 Å². The van der Waals surface area contributed by atoms with Crippen LogP contribution in [0.2, 0.25) is 10.0 Å². The first-order valence-electron chi connectivity index (χ1n) is 9.97. The summed E-state index contributed by atoms with van der Waals surface area (Å²) in [7, 11) is -4.14. The number of carbonyl (C=O) groups is 2. The van der Waals surface area contributed by atoms with Crippen LogP contribution in [0, 0.1) is 0 Å². The van der Waals surface area contributed by atoms with Crippen LogP contribution in [0.1, 0.15) is 22.8 Å². The van der Waals surface area contributed by atoms with E-state index in [9.17, 15) is 18.0 Å². The summed E-state index contributed by atoms with van der Waals surface area (Å²) in [5, 5.41) is 12.0. The van der Waals surface area contributed by atoms with Crippen LogP contribution in [0.5, 0.6) is 11.5 Å². The molecule has 3 aromatic rings. The number of sulfonamides is 1. The molecule has 0 aliphatic carbocycles. The van der Waals surface area contributed by atoms with E-state index in [2.05, 4.69) is 10.0 Å². The van der Waals surface area contributed by atoms with Crippen molar-refractivity contribution in [1.29, 1.82) is 0 Å². The van der Waals surface area contributed by atoms with Gasteiger partial charge in [0.05, 0.1) is 17.1 Å². The number of carbonyl (C=O) groups excluding carboxylic acids is 1. The summed E-state index contributed by atoms with van der Waals surface area (Å²) in [4.78, 5) is 23.2. The molecule has 0 fully saturated rings. The second-order valence-electron chi connectivity index (χ2n) is 7.07. The maximum atomic E-state index is 13.0. The van der Waals surface area contributed by atoms with E-state index in [0.29, 0.717) is 12.1 Å². The molecule has 0 radical (unpaired) electrons. The number of nitrogens with one attached hydrogen (secondary N) is 2. The second-order valence-corrected chi connectivity index (χ2v) is 9.57. The summed E-state index contributed by atoms with van der Waals surface area (Å²) in [6.07, 6.45) is -0.279. The van der Waals surface area contributed by atoms with Gasteiger partial charge >= 0.3 is 5.97 Å². The maximum Gasteiger partial charge on any atom is 0.307 e. The number of hydrogen-bond donors (Lipinski definition) is 3. The first-order valence-corrected chi connectivity index (χ1v) is 12.2. The van der Waals surface area contributed by atoms with Crippen molar-refractivity contribution in [2.75, 3.05) is 11.3 Å². The molecule has 0 unspecified atom stereocenters. The Bertz CT molecular complexity index is 1350. The molecule has 34 heavy (non-hydrogen) atoms. The molecule has 0 spiro atoms. The smallest absolute Gasteiger partial charge is 0.307 e. The van der Waals surface area contributed by atoms with Crippen molar-refractivity contribution in [2.24, 2.45) is 0 Å². The molecule has 178 valence electrons. The van der Waals surface area contributed by atoms with Crippen molar-refractivity contribution < 1.29 is 27.9 Å². The van der Waals surface area contributed by atoms with Gasteiger partial charge in [-0.1, -0.05) is 35.3 Å². The molecule has 0 aliphatic rings. The van der Waals surface area contributed by atoms with Gasteiger partial charge < -0.3 is 15.2 Å². The van der Waals surface area contributed by atoms with Crippen LogP contribution in [-0.2, 0) is 21.2 Å². The van der Waals surface area contributed by atoms with E-state index in [1.54, 1.807) is 13.0 Å². The van der Waals surface area contributed by atoms with Gasteiger partial charge in [-0.25, -0.2) is 8.42 Å². The quantitative estimate of drug-likeness (QED) is 0.365. The second kappa shape index (κ2) is 10.8. The van der Waals surface area contributed by atoms with Gasteiger partial charge in [0, 0.05) is 17.1 Å². The molecule has 3 aromatic carbocycles. The monoisotopic (exact) mass is 522 g/mol. The summed E-state index contributed by atoms with van der Waals surface area (Å²) >= 11 is 12.2. The van der Waals surface area contributed by atoms with Gasteiger partial charge in [0.2, 0.25) is 0 Å². The molecule has 0 aliphatic heterocycles. The predicted molar refractivity (Wildman–Crippen MR) is 130 cm³/mol. The number of anilines is 1. The fraction of sp³-hybridized carbons (Fsp3) is 0.130. The van der Waals surface area contributed by atoms with Gasteiger partial charge in [0.1, 0.15) is 10.6 Å². The number of carboxylic acids is 1. The van der Waals surface area contributed by atoms with Crippen LogP contribution in [-0.4, -0.2) is 31.9 Å². The molecule has 11 heteroatoms. The van der Waals surface area contributed by atoms with Crippen LogP contribution in [0.3, 0.4) is 0 Å². The Kier molecular flexibility index (Phi) is 8.03. The van der Waals surface area contributed by atoms with Gasteiger partial charge in [0.25, 0.3) is 15.9 Å². The van der Waals surface area contributed by atoms with Crippen molar-refractivity contribution in [3.05, 3.63) is 81.8 Å². The van der Waals surface area contributed by atoms with Crippen LogP contribution in [0.4, 0.5) is 5.69 Å². The van der Waals surface area contributed by atoms with Crippen LogP contribution >= 0.6 is 23.2 Å². The molecule has 0 saturated carbocycles. The summed E-state index contributed by atoms with van der Waals surface area (Å²) in [5.41, 5.74) is 0.569. The highest BCUT2D eigenvalue weighted by Gasteiger charge is 2.21. The third-order valence-corrected chi connectivity index (χ3v) is 6.55. The fourth-order valence-electron chi connectivity index (χ4n) is 3.05. The van der Waals surface area contributed by atoms with Crippen LogP contribution < -0.4 is 14.8 Å². The molecule has 0 heterocycles. The predicted octanol–water partition coefficient (Wildman–Crippen LogP) is 4.96. The van der Waals surface area contributed by atoms with E-state index in [4.69, 9.17) is 33.0 Å². The van der Waals surface area contributed by atoms with Gasteiger partial charge in [-0.3, -0.25) is 14.3 Å². The number of benzene rings is 3. The number of aliphatic carboxylic acids is 1. The number of ether oxygens (including phenoxy) is 1. The number of halogens is 2. The first-order chi connectivity index (χ1) is 16.1. The lowest BCUT2D eigenvalue weighted by molar-refractivity contribution is -0.136. The van der Waals surface area contributed by atoms with E-state index in [1.807, 2.05) is 0 Å². The zero-order chi connectivity index (χ0) is 24.9. The largest absolute Gasteiger partial charge is 0.481 e. The summed E-state index contributed by atoms with van der Waals surface area (Å²) < 4.78 is 34.3. The minimum atomic E-state index is -4.14. The molecule has 0 aromatic heterocycles. The Morgan fingerprint density at radius 1 is 1.03 bits per heavy atom. The molecule has 1 amide bonds. The SMILES string of the molecule is CCNC(=O)c1ccc(Oc2cc(Cl)cc(CC(=O)O)c2)c(NS(=O)(=O)c2ccccc2Cl)c1. The van der Waals surface area contributed by atoms with Gasteiger partial charge in [-0.2, -0.15) is 0 Å². The van der Waals surface area contributed by atoms with Gasteiger partial charge in [-0.05, 0) is 61.0 Å². The maximum absolute atomic E-state index is 13.0. The molecule has 8 nitrogen and oxygen atoms in total. The number of carboxylic acid groups (broad SMARTS) is 1. The highest BCUT2D eigenvalue weighted by molar-refractivity contribution is 7.92. The lowest BCUT2D eigenvalue weighted by Gasteiger charge is -2.16. The minimum Gasteiger partial charge on any atom is -0.481 e. The van der Waals surface area contributed by atoms with Crippen molar-refractivity contribution in [2.45, 2.75) is 18.2 Å². The topological polar surface area (TPSA) is 122 Å². The van der Waals surface area contributed by atoms with Crippen molar-refractivity contribution in [3.8, 4) is 11.5 Å². The number of rotatable bonds is 9. The molecule has 3 rings (SSSR count). The summed E-state index contributed by atoms with van der Waals surface area (Å²) in [6.45, 7) is 2.14. The number of hydrogen-bond acceptors (Lipinski definition) is 5. The number of amides is 1. The fourth-order valence-corrected chi connectivity index (χ4v) is 4.88. The van der Waals surface area contributed by atoms with E-state index in [0.717, 1.165) is 0 Å². The van der Waals surface area contributed by atoms with Crippen molar-refractivity contribution in [3.63, 3.8) is 0 Å². The van der Waals surface area contributed by atoms with E-state index >= 15 is 0 Å². The molecule has 0 atom stereocenters. The average Bonchev–Trinajstić information content (AvgIpc) is 2.74. The third-order valence-electron chi connectivity index (χ3n) is 4.46. The van der Waals surface area contributed by atoms with E-state index in [-0.39, 0.29) is 44.1 Å². The standard InChI is InChI=1S/C23H20Cl2N2O6S/c1-2-26-23(30)15-7-8-20(33-17-10-14(11-22(28)29)9-16(24)13-17)19(12-15)27-34(31,32)21-6-4-3-5-18(21)25/h3-10,12-13,27H,2,11H2,1H3,(H,26,30)(H,28,29). The van der Waals surface area contributed by atoms with Crippen molar-refractivity contribution in [1.82, 2.24) is 5.32 Å². The highest BCUT2D eigenvalue weighted by atomic mass is 35.5. The molecule has 0 bridgehead atoms.